The normalized spacial score (nSPS) is 10.6. The molecule has 118 valence electrons. The quantitative estimate of drug-likeness (QED) is 0.513. The molecule has 0 fully saturated rings. The summed E-state index contributed by atoms with van der Waals surface area (Å²) in [6.45, 7) is 1.74. The van der Waals surface area contributed by atoms with Gasteiger partial charge in [0.25, 0.3) is 0 Å². The second-order valence-corrected chi connectivity index (χ2v) is 4.98. The molecule has 23 heavy (non-hydrogen) atoms. The molecular weight excluding hydrogens is 294 g/mol. The molecule has 2 heterocycles. The highest BCUT2D eigenvalue weighted by Crippen LogP contribution is 2.04. The maximum absolute atomic E-state index is 10.9. The Morgan fingerprint density at radius 3 is 2.43 bits per heavy atom. The van der Waals surface area contributed by atoms with E-state index in [1.165, 1.54) is 5.56 Å². The molecule has 3 aromatic rings. The van der Waals surface area contributed by atoms with E-state index in [1.807, 2.05) is 30.3 Å². The van der Waals surface area contributed by atoms with Crippen LogP contribution in [0.4, 0.5) is 5.95 Å². The number of H-pyrrole nitrogens is 2. The Hall–Kier alpha value is -3.00. The van der Waals surface area contributed by atoms with Crippen LogP contribution >= 0.6 is 0 Å². The molecule has 0 amide bonds. The molecule has 0 spiro atoms. The molecule has 0 radical (unpaired) electrons. The van der Waals surface area contributed by atoms with Gasteiger partial charge in [-0.2, -0.15) is 5.10 Å². The lowest BCUT2D eigenvalue weighted by Gasteiger charge is -2.06. The van der Waals surface area contributed by atoms with Crippen LogP contribution in [-0.4, -0.2) is 25.1 Å². The molecule has 3 rings (SSSR count). The van der Waals surface area contributed by atoms with E-state index in [9.17, 15) is 4.79 Å². The Morgan fingerprint density at radius 1 is 0.957 bits per heavy atom. The number of anilines is 1. The predicted octanol–water partition coefficient (Wildman–Crippen LogP) is 0.790. The van der Waals surface area contributed by atoms with Crippen molar-refractivity contribution >= 4 is 5.95 Å². The molecule has 0 saturated heterocycles. The molecule has 0 bridgehead atoms. The zero-order chi connectivity index (χ0) is 15.9. The van der Waals surface area contributed by atoms with Gasteiger partial charge in [0.15, 0.2) is 0 Å². The zero-order valence-corrected chi connectivity index (χ0v) is 12.4. The van der Waals surface area contributed by atoms with E-state index in [4.69, 9.17) is 0 Å². The van der Waals surface area contributed by atoms with Gasteiger partial charge in [0.1, 0.15) is 5.82 Å². The molecule has 1 aromatic carbocycles. The summed E-state index contributed by atoms with van der Waals surface area (Å²) in [5.74, 6) is 1.16. The summed E-state index contributed by atoms with van der Waals surface area (Å²) in [5, 5.41) is 12.5. The van der Waals surface area contributed by atoms with E-state index in [2.05, 4.69) is 35.8 Å². The van der Waals surface area contributed by atoms with Gasteiger partial charge in [-0.1, -0.05) is 30.3 Å². The molecule has 8 nitrogen and oxygen atoms in total. The third-order valence-corrected chi connectivity index (χ3v) is 3.17. The van der Waals surface area contributed by atoms with Gasteiger partial charge in [-0.25, -0.2) is 19.9 Å². The van der Waals surface area contributed by atoms with Crippen LogP contribution in [0.5, 0.6) is 0 Å². The number of aromatic nitrogens is 5. The van der Waals surface area contributed by atoms with Crippen molar-refractivity contribution in [1.82, 2.24) is 30.5 Å². The molecule has 0 aliphatic heterocycles. The summed E-state index contributed by atoms with van der Waals surface area (Å²) in [5.41, 5.74) is 1.82. The maximum atomic E-state index is 10.9. The summed E-state index contributed by atoms with van der Waals surface area (Å²) in [6, 6.07) is 10.1. The number of hydrogen-bond acceptors (Lipinski definition) is 6. The Morgan fingerprint density at radius 2 is 1.74 bits per heavy atom. The smallest absolute Gasteiger partial charge is 0.340 e. The topological polar surface area (TPSA) is 111 Å². The van der Waals surface area contributed by atoms with Gasteiger partial charge < -0.3 is 10.6 Å². The summed E-state index contributed by atoms with van der Waals surface area (Å²) in [4.78, 5) is 22.0. The van der Waals surface area contributed by atoms with Crippen molar-refractivity contribution in [3.05, 3.63) is 70.2 Å². The molecule has 2 aromatic heterocycles. The van der Waals surface area contributed by atoms with Crippen molar-refractivity contribution in [3.63, 3.8) is 0 Å². The van der Waals surface area contributed by atoms with E-state index in [1.54, 1.807) is 12.4 Å². The van der Waals surface area contributed by atoms with E-state index < -0.39 is 0 Å². The van der Waals surface area contributed by atoms with Gasteiger partial charge in [-0.05, 0) is 5.56 Å². The van der Waals surface area contributed by atoms with Crippen molar-refractivity contribution in [2.45, 2.75) is 19.6 Å². The van der Waals surface area contributed by atoms with Crippen molar-refractivity contribution in [1.29, 1.82) is 0 Å². The van der Waals surface area contributed by atoms with Gasteiger partial charge in [-0.3, -0.25) is 4.98 Å². The van der Waals surface area contributed by atoms with Crippen molar-refractivity contribution < 1.29 is 0 Å². The van der Waals surface area contributed by atoms with Crippen LogP contribution in [0.25, 0.3) is 0 Å². The molecule has 0 atom stereocenters. The molecule has 0 aliphatic carbocycles. The average Bonchev–Trinajstić information content (AvgIpc) is 3.00. The number of aromatic amines is 2. The number of benzene rings is 1. The fourth-order valence-electron chi connectivity index (χ4n) is 2.03. The minimum Gasteiger partial charge on any atom is -0.350 e. The van der Waals surface area contributed by atoms with Crippen molar-refractivity contribution in [2.24, 2.45) is 0 Å². The van der Waals surface area contributed by atoms with Crippen molar-refractivity contribution in [2.75, 3.05) is 5.32 Å². The van der Waals surface area contributed by atoms with Crippen LogP contribution in [0.3, 0.4) is 0 Å². The second kappa shape index (κ2) is 7.32. The Kier molecular flexibility index (Phi) is 4.75. The van der Waals surface area contributed by atoms with Crippen LogP contribution in [0.15, 0.2) is 47.5 Å². The first-order chi connectivity index (χ1) is 11.3. The Labute approximate surface area is 132 Å². The lowest BCUT2D eigenvalue weighted by Crippen LogP contribution is -2.15. The number of nitrogens with zero attached hydrogens (tertiary/aromatic N) is 3. The second-order valence-electron chi connectivity index (χ2n) is 4.98. The van der Waals surface area contributed by atoms with Crippen LogP contribution in [0.2, 0.25) is 0 Å². The SMILES string of the molecule is O=c1[nH]nc(CNCc2cnc(NCc3ccccc3)nc2)[nH]1. The highest BCUT2D eigenvalue weighted by Gasteiger charge is 2.00. The number of nitrogens with one attached hydrogen (secondary N) is 4. The van der Waals surface area contributed by atoms with E-state index in [-0.39, 0.29) is 5.69 Å². The summed E-state index contributed by atoms with van der Waals surface area (Å²) in [7, 11) is 0. The first kappa shape index (κ1) is 14.9. The first-order valence-corrected chi connectivity index (χ1v) is 7.22. The Bertz CT molecular complexity index is 779. The van der Waals surface area contributed by atoms with E-state index in [0.29, 0.717) is 31.4 Å². The molecule has 0 unspecified atom stereocenters. The molecule has 4 N–H and O–H groups in total. The fourth-order valence-corrected chi connectivity index (χ4v) is 2.03. The van der Waals surface area contributed by atoms with Gasteiger partial charge in [-0.15, -0.1) is 0 Å². The van der Waals surface area contributed by atoms with Gasteiger partial charge in [0.2, 0.25) is 5.95 Å². The molecular formula is C15H17N7O. The monoisotopic (exact) mass is 311 g/mol. The summed E-state index contributed by atoms with van der Waals surface area (Å²) < 4.78 is 0. The van der Waals surface area contributed by atoms with Crippen LogP contribution in [0, 0.1) is 0 Å². The molecule has 0 aliphatic rings. The lowest BCUT2D eigenvalue weighted by atomic mass is 10.2. The maximum Gasteiger partial charge on any atom is 0.340 e. The highest BCUT2D eigenvalue weighted by atomic mass is 16.1. The largest absolute Gasteiger partial charge is 0.350 e. The number of hydrogen-bond donors (Lipinski definition) is 4. The third-order valence-electron chi connectivity index (χ3n) is 3.17. The summed E-state index contributed by atoms with van der Waals surface area (Å²) in [6.07, 6.45) is 3.53. The van der Waals surface area contributed by atoms with Gasteiger partial charge in [0.05, 0.1) is 6.54 Å². The molecule has 8 heteroatoms. The minimum absolute atomic E-state index is 0.307. The van der Waals surface area contributed by atoms with Crippen LogP contribution in [0.1, 0.15) is 17.0 Å². The van der Waals surface area contributed by atoms with E-state index >= 15 is 0 Å². The van der Waals surface area contributed by atoms with Crippen LogP contribution < -0.4 is 16.3 Å². The van der Waals surface area contributed by atoms with Crippen molar-refractivity contribution in [3.8, 4) is 0 Å². The minimum atomic E-state index is -0.307. The van der Waals surface area contributed by atoms with Gasteiger partial charge in [0, 0.05) is 31.0 Å². The van der Waals surface area contributed by atoms with Crippen LogP contribution in [-0.2, 0) is 19.6 Å². The lowest BCUT2D eigenvalue weighted by molar-refractivity contribution is 0.661. The average molecular weight is 311 g/mol. The fraction of sp³-hybridized carbons (Fsp3) is 0.200. The predicted molar refractivity (Wildman–Crippen MR) is 85.6 cm³/mol. The summed E-state index contributed by atoms with van der Waals surface area (Å²) >= 11 is 0. The molecule has 0 saturated carbocycles. The first-order valence-electron chi connectivity index (χ1n) is 7.22. The standard InChI is InChI=1S/C15H17N7O/c23-15-20-13(21-22-15)10-16-6-12-8-18-14(19-9-12)17-7-11-4-2-1-3-5-11/h1-5,8-9,16H,6-7,10H2,(H,17,18,19)(H2,20,21,22,23). The van der Waals surface area contributed by atoms with Gasteiger partial charge >= 0.3 is 5.69 Å². The van der Waals surface area contributed by atoms with E-state index in [0.717, 1.165) is 5.56 Å². The zero-order valence-electron chi connectivity index (χ0n) is 12.4. The Balaban J connectivity index is 1.46. The number of rotatable bonds is 7. The highest BCUT2D eigenvalue weighted by molar-refractivity contribution is 5.27. The third kappa shape index (κ3) is 4.48.